The SMILES string of the molecule is Cc1ccc(C(=O)NC2(C(=O)O)CCN(Cc3ccccc3)C2)nc1. The molecular formula is C19H21N3O3. The van der Waals surface area contributed by atoms with Gasteiger partial charge in [-0.2, -0.15) is 0 Å². The summed E-state index contributed by atoms with van der Waals surface area (Å²) >= 11 is 0. The number of aromatic nitrogens is 1. The van der Waals surface area contributed by atoms with Gasteiger partial charge >= 0.3 is 5.97 Å². The molecule has 0 bridgehead atoms. The summed E-state index contributed by atoms with van der Waals surface area (Å²) in [6.07, 6.45) is 1.96. The molecule has 0 saturated carbocycles. The van der Waals surface area contributed by atoms with E-state index in [9.17, 15) is 14.7 Å². The van der Waals surface area contributed by atoms with E-state index in [0.29, 0.717) is 19.5 Å². The van der Waals surface area contributed by atoms with Crippen LogP contribution in [0.2, 0.25) is 0 Å². The first-order chi connectivity index (χ1) is 12.0. The fourth-order valence-corrected chi connectivity index (χ4v) is 3.08. The van der Waals surface area contributed by atoms with Crippen LogP contribution in [0.25, 0.3) is 0 Å². The van der Waals surface area contributed by atoms with Crippen molar-refractivity contribution in [3.63, 3.8) is 0 Å². The van der Waals surface area contributed by atoms with Gasteiger partial charge in [0.1, 0.15) is 5.69 Å². The van der Waals surface area contributed by atoms with E-state index in [1.165, 1.54) is 0 Å². The Bertz CT molecular complexity index is 761. The number of carboxylic acids is 1. The van der Waals surface area contributed by atoms with Gasteiger partial charge in [-0.25, -0.2) is 4.79 Å². The molecule has 1 saturated heterocycles. The Morgan fingerprint density at radius 2 is 2.00 bits per heavy atom. The number of carbonyl (C=O) groups is 2. The van der Waals surface area contributed by atoms with E-state index in [1.54, 1.807) is 18.3 Å². The summed E-state index contributed by atoms with van der Waals surface area (Å²) in [5.41, 5.74) is 1.01. The summed E-state index contributed by atoms with van der Waals surface area (Å²) in [5.74, 6) is -1.47. The minimum atomic E-state index is -1.28. The summed E-state index contributed by atoms with van der Waals surface area (Å²) < 4.78 is 0. The number of nitrogens with one attached hydrogen (secondary N) is 1. The highest BCUT2D eigenvalue weighted by molar-refractivity contribution is 5.96. The Kier molecular flexibility index (Phi) is 4.81. The molecule has 1 unspecified atom stereocenters. The van der Waals surface area contributed by atoms with Gasteiger partial charge < -0.3 is 10.4 Å². The van der Waals surface area contributed by atoms with E-state index in [2.05, 4.69) is 10.3 Å². The van der Waals surface area contributed by atoms with Crippen LogP contribution in [-0.2, 0) is 11.3 Å². The molecule has 1 aromatic carbocycles. The molecule has 1 fully saturated rings. The zero-order valence-electron chi connectivity index (χ0n) is 14.1. The molecule has 25 heavy (non-hydrogen) atoms. The van der Waals surface area contributed by atoms with Gasteiger partial charge in [0.05, 0.1) is 0 Å². The van der Waals surface area contributed by atoms with Gasteiger partial charge in [0.25, 0.3) is 5.91 Å². The van der Waals surface area contributed by atoms with Crippen molar-refractivity contribution in [1.82, 2.24) is 15.2 Å². The molecule has 0 radical (unpaired) electrons. The molecule has 0 aliphatic carbocycles. The van der Waals surface area contributed by atoms with Crippen molar-refractivity contribution in [2.24, 2.45) is 0 Å². The normalized spacial score (nSPS) is 20.4. The monoisotopic (exact) mass is 339 g/mol. The highest BCUT2D eigenvalue weighted by Gasteiger charge is 2.46. The number of amides is 1. The van der Waals surface area contributed by atoms with E-state index in [1.807, 2.05) is 42.2 Å². The van der Waals surface area contributed by atoms with Crippen LogP contribution in [0.4, 0.5) is 0 Å². The first-order valence-electron chi connectivity index (χ1n) is 8.23. The van der Waals surface area contributed by atoms with Crippen molar-refractivity contribution in [3.05, 3.63) is 65.5 Å². The second kappa shape index (κ2) is 7.03. The summed E-state index contributed by atoms with van der Waals surface area (Å²) in [5, 5.41) is 12.4. The molecule has 1 aliphatic heterocycles. The van der Waals surface area contributed by atoms with Crippen LogP contribution in [0.15, 0.2) is 48.7 Å². The predicted molar refractivity (Wildman–Crippen MR) is 93.1 cm³/mol. The largest absolute Gasteiger partial charge is 0.479 e. The van der Waals surface area contributed by atoms with Gasteiger partial charge in [0, 0.05) is 25.8 Å². The first-order valence-corrected chi connectivity index (χ1v) is 8.23. The maximum atomic E-state index is 12.4. The van der Waals surface area contributed by atoms with E-state index in [0.717, 1.165) is 11.1 Å². The molecule has 2 N–H and O–H groups in total. The van der Waals surface area contributed by atoms with Gasteiger partial charge in [-0.15, -0.1) is 0 Å². The lowest BCUT2D eigenvalue weighted by Gasteiger charge is -2.26. The summed E-state index contributed by atoms with van der Waals surface area (Å²) in [6.45, 7) is 3.43. The van der Waals surface area contributed by atoms with Gasteiger partial charge in [-0.1, -0.05) is 36.4 Å². The van der Waals surface area contributed by atoms with Crippen LogP contribution in [0.3, 0.4) is 0 Å². The van der Waals surface area contributed by atoms with Crippen molar-refractivity contribution in [2.75, 3.05) is 13.1 Å². The molecule has 2 aromatic rings. The average molecular weight is 339 g/mol. The fourth-order valence-electron chi connectivity index (χ4n) is 3.08. The molecule has 2 heterocycles. The van der Waals surface area contributed by atoms with Crippen LogP contribution in [0, 0.1) is 6.92 Å². The topological polar surface area (TPSA) is 82.5 Å². The molecule has 1 atom stereocenters. The third kappa shape index (κ3) is 3.85. The number of aliphatic carboxylic acids is 1. The van der Waals surface area contributed by atoms with Crippen molar-refractivity contribution in [2.45, 2.75) is 25.4 Å². The van der Waals surface area contributed by atoms with Gasteiger partial charge in [-0.3, -0.25) is 14.7 Å². The van der Waals surface area contributed by atoms with Gasteiger partial charge in [0.15, 0.2) is 5.54 Å². The van der Waals surface area contributed by atoms with Crippen molar-refractivity contribution < 1.29 is 14.7 Å². The molecule has 1 aliphatic rings. The smallest absolute Gasteiger partial charge is 0.330 e. The van der Waals surface area contributed by atoms with E-state index in [4.69, 9.17) is 0 Å². The van der Waals surface area contributed by atoms with Gasteiger partial charge in [0.2, 0.25) is 0 Å². The van der Waals surface area contributed by atoms with Gasteiger partial charge in [-0.05, 0) is 30.5 Å². The molecule has 0 spiro atoms. The highest BCUT2D eigenvalue weighted by atomic mass is 16.4. The van der Waals surface area contributed by atoms with Crippen LogP contribution in [-0.4, -0.2) is 45.5 Å². The quantitative estimate of drug-likeness (QED) is 0.869. The number of aryl methyl sites for hydroxylation is 1. The van der Waals surface area contributed by atoms with E-state index in [-0.39, 0.29) is 12.2 Å². The summed E-state index contributed by atoms with van der Waals surface area (Å²) in [7, 11) is 0. The number of hydrogen-bond donors (Lipinski definition) is 2. The zero-order valence-corrected chi connectivity index (χ0v) is 14.1. The number of rotatable bonds is 5. The van der Waals surface area contributed by atoms with Crippen LogP contribution in [0.1, 0.15) is 28.0 Å². The number of carbonyl (C=O) groups excluding carboxylic acids is 1. The molecule has 1 aromatic heterocycles. The number of benzene rings is 1. The maximum Gasteiger partial charge on any atom is 0.330 e. The predicted octanol–water partition coefficient (Wildman–Crippen LogP) is 1.85. The van der Waals surface area contributed by atoms with Crippen molar-refractivity contribution in [1.29, 1.82) is 0 Å². The van der Waals surface area contributed by atoms with Crippen molar-refractivity contribution >= 4 is 11.9 Å². The van der Waals surface area contributed by atoms with E-state index < -0.39 is 17.4 Å². The first kappa shape index (κ1) is 17.1. The fraction of sp³-hybridized carbons (Fsp3) is 0.316. The molecule has 6 nitrogen and oxygen atoms in total. The molecule has 3 rings (SSSR count). The Labute approximate surface area is 146 Å². The molecule has 130 valence electrons. The Morgan fingerprint density at radius 1 is 1.24 bits per heavy atom. The highest BCUT2D eigenvalue weighted by Crippen LogP contribution is 2.24. The maximum absolute atomic E-state index is 12.4. The Morgan fingerprint density at radius 3 is 2.64 bits per heavy atom. The Balaban J connectivity index is 1.71. The van der Waals surface area contributed by atoms with E-state index >= 15 is 0 Å². The van der Waals surface area contributed by atoms with Crippen LogP contribution >= 0.6 is 0 Å². The second-order valence-electron chi connectivity index (χ2n) is 6.51. The number of likely N-dealkylation sites (tertiary alicyclic amines) is 1. The second-order valence-corrected chi connectivity index (χ2v) is 6.51. The number of nitrogens with zero attached hydrogens (tertiary/aromatic N) is 2. The van der Waals surface area contributed by atoms with Crippen molar-refractivity contribution in [3.8, 4) is 0 Å². The third-order valence-electron chi connectivity index (χ3n) is 4.50. The van der Waals surface area contributed by atoms with Crippen LogP contribution in [0.5, 0.6) is 0 Å². The number of hydrogen-bond acceptors (Lipinski definition) is 4. The lowest BCUT2D eigenvalue weighted by molar-refractivity contribution is -0.144. The standard InChI is InChI=1S/C19H21N3O3/c1-14-7-8-16(20-11-14)17(23)21-19(18(24)25)9-10-22(13-19)12-15-5-3-2-4-6-15/h2-8,11H,9-10,12-13H2,1H3,(H,21,23)(H,24,25). The third-order valence-corrected chi connectivity index (χ3v) is 4.50. The number of pyridine rings is 1. The number of carboxylic acid groups (broad SMARTS) is 1. The summed E-state index contributed by atoms with van der Waals surface area (Å²) in [4.78, 5) is 30.4. The average Bonchev–Trinajstić information content (AvgIpc) is 3.00. The molecule has 6 heteroatoms. The zero-order chi connectivity index (χ0) is 17.9. The van der Waals surface area contributed by atoms with Crippen LogP contribution < -0.4 is 5.32 Å². The Hall–Kier alpha value is -2.73. The lowest BCUT2D eigenvalue weighted by Crippen LogP contribution is -2.56. The lowest BCUT2D eigenvalue weighted by atomic mass is 9.98. The minimum absolute atomic E-state index is 0.229. The molecule has 1 amide bonds. The molecular weight excluding hydrogens is 318 g/mol. The minimum Gasteiger partial charge on any atom is -0.479 e. The summed E-state index contributed by atoms with van der Waals surface area (Å²) in [6, 6.07) is 13.3.